The second-order valence-electron chi connectivity index (χ2n) is 5.11. The fourth-order valence-corrected chi connectivity index (χ4v) is 2.33. The van der Waals surface area contributed by atoms with Crippen LogP contribution in [0.1, 0.15) is 12.5 Å². The topological polar surface area (TPSA) is 56.5 Å². The molecule has 3 aromatic rings. The van der Waals surface area contributed by atoms with E-state index in [1.54, 1.807) is 18.2 Å². The molecule has 0 bridgehead atoms. The summed E-state index contributed by atoms with van der Waals surface area (Å²) < 4.78 is 10.4. The molecule has 1 aromatic heterocycles. The minimum Gasteiger partial charge on any atom is -0.427 e. The summed E-state index contributed by atoms with van der Waals surface area (Å²) in [5, 5.41) is 0.770. The molecule has 0 fully saturated rings. The molecule has 3 rings (SSSR count). The number of aryl methyl sites for hydroxylation is 1. The van der Waals surface area contributed by atoms with E-state index in [0.717, 1.165) is 16.5 Å². The zero-order chi connectivity index (χ0) is 15.7. The van der Waals surface area contributed by atoms with Gasteiger partial charge in [0.05, 0.1) is 5.56 Å². The Bertz CT molecular complexity index is 922. The summed E-state index contributed by atoms with van der Waals surface area (Å²) in [6.07, 6.45) is 0. The molecular weight excluding hydrogens is 280 g/mol. The van der Waals surface area contributed by atoms with Gasteiger partial charge in [-0.05, 0) is 30.7 Å². The molecule has 4 nitrogen and oxygen atoms in total. The van der Waals surface area contributed by atoms with Gasteiger partial charge in [-0.2, -0.15) is 0 Å². The predicted molar refractivity (Wildman–Crippen MR) is 84.0 cm³/mol. The highest BCUT2D eigenvalue weighted by Crippen LogP contribution is 2.24. The highest BCUT2D eigenvalue weighted by molar-refractivity contribution is 5.83. The zero-order valence-electron chi connectivity index (χ0n) is 12.3. The molecule has 0 aliphatic rings. The number of hydrogen-bond donors (Lipinski definition) is 0. The summed E-state index contributed by atoms with van der Waals surface area (Å²) in [5.74, 6) is -0.0652. The lowest BCUT2D eigenvalue weighted by molar-refractivity contribution is -0.131. The third-order valence-electron chi connectivity index (χ3n) is 3.30. The van der Waals surface area contributed by atoms with Crippen LogP contribution in [0.4, 0.5) is 0 Å². The van der Waals surface area contributed by atoms with Crippen LogP contribution in [0, 0.1) is 6.92 Å². The Labute approximate surface area is 127 Å². The van der Waals surface area contributed by atoms with Gasteiger partial charge in [0.25, 0.3) is 0 Å². The van der Waals surface area contributed by atoms with Gasteiger partial charge in [-0.15, -0.1) is 0 Å². The maximum atomic E-state index is 12.2. The van der Waals surface area contributed by atoms with Gasteiger partial charge in [-0.25, -0.2) is 4.79 Å². The number of carbonyl (C=O) groups is 1. The standard InChI is InChI=1S/C18H14O4/c1-11-4-3-5-13(8-11)16-9-14-6-7-15(21-12(2)19)10-17(14)22-18(16)20/h3-10H,1-2H3. The van der Waals surface area contributed by atoms with Crippen molar-refractivity contribution in [3.8, 4) is 16.9 Å². The van der Waals surface area contributed by atoms with Crippen LogP contribution in [0.25, 0.3) is 22.1 Å². The number of fused-ring (bicyclic) bond motifs is 1. The molecule has 1 heterocycles. The molecule has 0 amide bonds. The van der Waals surface area contributed by atoms with Crippen LogP contribution in [0.2, 0.25) is 0 Å². The van der Waals surface area contributed by atoms with Gasteiger partial charge in [-0.3, -0.25) is 4.79 Å². The number of carbonyl (C=O) groups excluding carboxylic acids is 1. The van der Waals surface area contributed by atoms with E-state index in [-0.39, 0.29) is 0 Å². The quantitative estimate of drug-likeness (QED) is 0.411. The minimum atomic E-state index is -0.418. The molecule has 0 aliphatic heterocycles. The van der Waals surface area contributed by atoms with Crippen molar-refractivity contribution in [1.82, 2.24) is 0 Å². The Balaban J connectivity index is 2.13. The van der Waals surface area contributed by atoms with Crippen LogP contribution in [0.15, 0.2) is 57.7 Å². The molecular formula is C18H14O4. The van der Waals surface area contributed by atoms with Crippen molar-refractivity contribution in [2.45, 2.75) is 13.8 Å². The predicted octanol–water partition coefficient (Wildman–Crippen LogP) is 3.69. The largest absolute Gasteiger partial charge is 0.427 e. The van der Waals surface area contributed by atoms with E-state index in [1.165, 1.54) is 13.0 Å². The molecule has 22 heavy (non-hydrogen) atoms. The van der Waals surface area contributed by atoms with Gasteiger partial charge in [-0.1, -0.05) is 29.8 Å². The van der Waals surface area contributed by atoms with E-state index in [4.69, 9.17) is 9.15 Å². The normalized spacial score (nSPS) is 10.6. The first-order chi connectivity index (χ1) is 10.5. The van der Waals surface area contributed by atoms with Crippen molar-refractivity contribution < 1.29 is 13.9 Å². The van der Waals surface area contributed by atoms with Gasteiger partial charge in [0, 0.05) is 18.4 Å². The third kappa shape index (κ3) is 2.76. The van der Waals surface area contributed by atoms with Crippen molar-refractivity contribution in [2.24, 2.45) is 0 Å². The number of benzene rings is 2. The zero-order valence-corrected chi connectivity index (χ0v) is 12.3. The van der Waals surface area contributed by atoms with Gasteiger partial charge in [0.2, 0.25) is 0 Å². The fraction of sp³-hybridized carbons (Fsp3) is 0.111. The number of hydrogen-bond acceptors (Lipinski definition) is 4. The van der Waals surface area contributed by atoms with E-state index in [2.05, 4.69) is 0 Å². The van der Waals surface area contributed by atoms with Crippen LogP contribution in [0.3, 0.4) is 0 Å². The van der Waals surface area contributed by atoms with E-state index in [9.17, 15) is 9.59 Å². The van der Waals surface area contributed by atoms with Gasteiger partial charge in [0.15, 0.2) is 0 Å². The smallest absolute Gasteiger partial charge is 0.344 e. The first-order valence-corrected chi connectivity index (χ1v) is 6.86. The molecule has 0 aliphatic carbocycles. The van der Waals surface area contributed by atoms with Crippen LogP contribution in [-0.4, -0.2) is 5.97 Å². The lowest BCUT2D eigenvalue weighted by Crippen LogP contribution is -2.04. The van der Waals surface area contributed by atoms with Crippen LogP contribution in [-0.2, 0) is 4.79 Å². The van der Waals surface area contributed by atoms with Gasteiger partial charge >= 0.3 is 11.6 Å². The summed E-state index contributed by atoms with van der Waals surface area (Å²) in [5.41, 5.74) is 2.37. The van der Waals surface area contributed by atoms with Gasteiger partial charge in [0.1, 0.15) is 11.3 Å². The monoisotopic (exact) mass is 294 g/mol. The Morgan fingerprint density at radius 3 is 2.64 bits per heavy atom. The van der Waals surface area contributed by atoms with E-state index >= 15 is 0 Å². The Morgan fingerprint density at radius 2 is 1.91 bits per heavy atom. The second-order valence-corrected chi connectivity index (χ2v) is 5.11. The summed E-state index contributed by atoms with van der Waals surface area (Å²) >= 11 is 0. The van der Waals surface area contributed by atoms with Crippen molar-refractivity contribution >= 4 is 16.9 Å². The van der Waals surface area contributed by atoms with Crippen LogP contribution in [0.5, 0.6) is 5.75 Å². The first kappa shape index (κ1) is 14.1. The Hall–Kier alpha value is -2.88. The highest BCUT2D eigenvalue weighted by atomic mass is 16.5. The molecule has 2 aromatic carbocycles. The number of rotatable bonds is 2. The molecule has 0 atom stereocenters. The maximum Gasteiger partial charge on any atom is 0.344 e. The third-order valence-corrected chi connectivity index (χ3v) is 3.30. The van der Waals surface area contributed by atoms with E-state index in [1.807, 2.05) is 31.2 Å². The van der Waals surface area contributed by atoms with Crippen LogP contribution >= 0.6 is 0 Å². The highest BCUT2D eigenvalue weighted by Gasteiger charge is 2.09. The van der Waals surface area contributed by atoms with Crippen molar-refractivity contribution in [3.05, 3.63) is 64.5 Å². The molecule has 0 unspecified atom stereocenters. The van der Waals surface area contributed by atoms with Crippen LogP contribution < -0.4 is 10.4 Å². The molecule has 110 valence electrons. The lowest BCUT2D eigenvalue weighted by atomic mass is 10.0. The van der Waals surface area contributed by atoms with E-state index in [0.29, 0.717) is 16.9 Å². The second kappa shape index (κ2) is 5.48. The molecule has 0 radical (unpaired) electrons. The summed E-state index contributed by atoms with van der Waals surface area (Å²) in [4.78, 5) is 23.2. The fourth-order valence-electron chi connectivity index (χ4n) is 2.33. The number of esters is 1. The summed E-state index contributed by atoms with van der Waals surface area (Å²) in [7, 11) is 0. The average Bonchev–Trinajstić information content (AvgIpc) is 2.45. The van der Waals surface area contributed by atoms with Crippen molar-refractivity contribution in [2.75, 3.05) is 0 Å². The molecule has 4 heteroatoms. The summed E-state index contributed by atoms with van der Waals surface area (Å²) in [6.45, 7) is 3.29. The first-order valence-electron chi connectivity index (χ1n) is 6.86. The average molecular weight is 294 g/mol. The summed E-state index contributed by atoms with van der Waals surface area (Å²) in [6, 6.07) is 14.4. The van der Waals surface area contributed by atoms with Crippen molar-refractivity contribution in [1.29, 1.82) is 0 Å². The minimum absolute atomic E-state index is 0.353. The molecule has 0 saturated carbocycles. The van der Waals surface area contributed by atoms with Gasteiger partial charge < -0.3 is 9.15 Å². The SMILES string of the molecule is CC(=O)Oc1ccc2cc(-c3cccc(C)c3)c(=O)oc2c1. The lowest BCUT2D eigenvalue weighted by Gasteiger charge is -2.05. The molecule has 0 spiro atoms. The Morgan fingerprint density at radius 1 is 1.09 bits per heavy atom. The maximum absolute atomic E-state index is 12.2. The molecule has 0 N–H and O–H groups in total. The van der Waals surface area contributed by atoms with E-state index < -0.39 is 11.6 Å². The molecule has 0 saturated heterocycles. The van der Waals surface area contributed by atoms with Crippen molar-refractivity contribution in [3.63, 3.8) is 0 Å². The number of ether oxygens (including phenoxy) is 1. The Kier molecular flexibility index (Phi) is 3.51.